The van der Waals surface area contributed by atoms with Crippen LogP contribution in [-0.4, -0.2) is 11.9 Å². The van der Waals surface area contributed by atoms with Crippen molar-refractivity contribution in [2.24, 2.45) is 0 Å². The van der Waals surface area contributed by atoms with Crippen LogP contribution in [0.1, 0.15) is 13.8 Å². The van der Waals surface area contributed by atoms with Gasteiger partial charge in [-0.15, -0.1) is 0 Å². The second-order valence-corrected chi connectivity index (χ2v) is 3.88. The van der Waals surface area contributed by atoms with E-state index in [1.807, 2.05) is 42.5 Å². The van der Waals surface area contributed by atoms with Crippen molar-refractivity contribution in [3.8, 4) is 5.75 Å². The van der Waals surface area contributed by atoms with E-state index in [1.54, 1.807) is 6.92 Å². The Hall–Kier alpha value is -1.83. The molecule has 0 aliphatic heterocycles. The van der Waals surface area contributed by atoms with Crippen molar-refractivity contribution in [2.45, 2.75) is 20.0 Å². The molecule has 2 nitrogen and oxygen atoms in total. The van der Waals surface area contributed by atoms with Crippen molar-refractivity contribution in [1.29, 1.82) is 0 Å². The molecule has 0 heterocycles. The molecule has 0 N–H and O–H groups in total. The highest BCUT2D eigenvalue weighted by Crippen LogP contribution is 2.21. The van der Waals surface area contributed by atoms with Crippen molar-refractivity contribution in [3.63, 3.8) is 0 Å². The number of rotatable bonds is 3. The van der Waals surface area contributed by atoms with Gasteiger partial charge in [-0.3, -0.25) is 4.79 Å². The summed E-state index contributed by atoms with van der Waals surface area (Å²) < 4.78 is 5.53. The Bertz CT molecular complexity index is 517. The van der Waals surface area contributed by atoms with Crippen LogP contribution >= 0.6 is 0 Å². The second kappa shape index (κ2) is 4.35. The Labute approximate surface area is 94.8 Å². The molecule has 16 heavy (non-hydrogen) atoms. The minimum atomic E-state index is -0.388. The van der Waals surface area contributed by atoms with E-state index in [1.165, 1.54) is 12.3 Å². The number of ketones is 1. The van der Waals surface area contributed by atoms with Gasteiger partial charge in [0.05, 0.1) is 0 Å². The van der Waals surface area contributed by atoms with Crippen molar-refractivity contribution in [3.05, 3.63) is 42.5 Å². The predicted molar refractivity (Wildman–Crippen MR) is 64.7 cm³/mol. The third-order valence-corrected chi connectivity index (χ3v) is 2.61. The molecule has 82 valence electrons. The van der Waals surface area contributed by atoms with E-state index in [-0.39, 0.29) is 11.9 Å². The van der Waals surface area contributed by atoms with Gasteiger partial charge in [0.1, 0.15) is 5.75 Å². The second-order valence-electron chi connectivity index (χ2n) is 3.88. The fraction of sp³-hybridized carbons (Fsp3) is 0.214. The van der Waals surface area contributed by atoms with Gasteiger partial charge in [-0.1, -0.05) is 30.3 Å². The molecular weight excluding hydrogens is 200 g/mol. The molecular formula is C14H14O2. The van der Waals surface area contributed by atoms with Gasteiger partial charge in [-0.05, 0) is 36.8 Å². The number of benzene rings is 2. The van der Waals surface area contributed by atoms with E-state index < -0.39 is 0 Å². The van der Waals surface area contributed by atoms with E-state index in [9.17, 15) is 4.79 Å². The van der Waals surface area contributed by atoms with Crippen molar-refractivity contribution >= 4 is 16.6 Å². The average Bonchev–Trinajstić information content (AvgIpc) is 2.28. The maximum absolute atomic E-state index is 11.1. The number of carbonyl (C=O) groups is 1. The summed E-state index contributed by atoms with van der Waals surface area (Å²) in [7, 11) is 0. The zero-order valence-corrected chi connectivity index (χ0v) is 9.44. The first-order chi connectivity index (χ1) is 7.66. The summed E-state index contributed by atoms with van der Waals surface area (Å²) in [6, 6.07) is 13.9. The number of fused-ring (bicyclic) bond motifs is 1. The molecule has 0 bridgehead atoms. The quantitative estimate of drug-likeness (QED) is 0.784. The summed E-state index contributed by atoms with van der Waals surface area (Å²) in [5.74, 6) is 0.773. The van der Waals surface area contributed by atoms with E-state index >= 15 is 0 Å². The summed E-state index contributed by atoms with van der Waals surface area (Å²) >= 11 is 0. The average molecular weight is 214 g/mol. The molecule has 0 aliphatic rings. The minimum absolute atomic E-state index is 0.0353. The van der Waals surface area contributed by atoms with Crippen LogP contribution in [0.3, 0.4) is 0 Å². The molecule has 0 aromatic heterocycles. The van der Waals surface area contributed by atoms with Gasteiger partial charge in [0, 0.05) is 0 Å². The Morgan fingerprint density at radius 1 is 1.12 bits per heavy atom. The lowest BCUT2D eigenvalue weighted by Gasteiger charge is -2.11. The van der Waals surface area contributed by atoms with Crippen LogP contribution in [0.4, 0.5) is 0 Å². The molecule has 2 heteroatoms. The van der Waals surface area contributed by atoms with Crippen LogP contribution in [0.25, 0.3) is 10.8 Å². The third kappa shape index (κ3) is 2.22. The van der Waals surface area contributed by atoms with Crippen molar-refractivity contribution in [1.82, 2.24) is 0 Å². The predicted octanol–water partition coefficient (Wildman–Crippen LogP) is 3.20. The first kappa shape index (κ1) is 10.7. The lowest BCUT2D eigenvalue weighted by molar-refractivity contribution is -0.122. The van der Waals surface area contributed by atoms with E-state index in [4.69, 9.17) is 4.74 Å². The standard InChI is InChI=1S/C14H14O2/c1-10(15)11(2)16-14-8-7-12-5-3-4-6-13(12)9-14/h3-9,11H,1-2H3/t11-/m1/s1. The molecule has 0 spiro atoms. The molecule has 0 unspecified atom stereocenters. The highest BCUT2D eigenvalue weighted by molar-refractivity contribution is 5.84. The van der Waals surface area contributed by atoms with Gasteiger partial charge in [-0.25, -0.2) is 0 Å². The highest BCUT2D eigenvalue weighted by atomic mass is 16.5. The highest BCUT2D eigenvalue weighted by Gasteiger charge is 2.08. The van der Waals surface area contributed by atoms with Crippen LogP contribution < -0.4 is 4.74 Å². The summed E-state index contributed by atoms with van der Waals surface area (Å²) in [5.41, 5.74) is 0. The number of hydrogen-bond acceptors (Lipinski definition) is 2. The molecule has 0 saturated heterocycles. The Morgan fingerprint density at radius 3 is 2.50 bits per heavy atom. The number of ether oxygens (including phenoxy) is 1. The Balaban J connectivity index is 2.29. The zero-order chi connectivity index (χ0) is 11.5. The summed E-state index contributed by atoms with van der Waals surface area (Å²) in [5, 5.41) is 2.29. The summed E-state index contributed by atoms with van der Waals surface area (Å²) in [6.07, 6.45) is -0.388. The number of carbonyl (C=O) groups excluding carboxylic acids is 1. The van der Waals surface area contributed by atoms with Crippen LogP contribution in [0, 0.1) is 0 Å². The topological polar surface area (TPSA) is 26.3 Å². The normalized spacial score (nSPS) is 12.4. The van der Waals surface area contributed by atoms with Gasteiger partial charge in [0.15, 0.2) is 11.9 Å². The zero-order valence-electron chi connectivity index (χ0n) is 9.44. The lowest BCUT2D eigenvalue weighted by atomic mass is 10.1. The fourth-order valence-corrected chi connectivity index (χ4v) is 1.53. The SMILES string of the molecule is CC(=O)[C@@H](C)Oc1ccc2ccccc2c1. The molecule has 2 aromatic carbocycles. The fourth-order valence-electron chi connectivity index (χ4n) is 1.53. The molecule has 1 atom stereocenters. The maximum Gasteiger partial charge on any atom is 0.169 e. The smallest absolute Gasteiger partial charge is 0.169 e. The van der Waals surface area contributed by atoms with Gasteiger partial charge >= 0.3 is 0 Å². The van der Waals surface area contributed by atoms with Crippen LogP contribution in [0.2, 0.25) is 0 Å². The minimum Gasteiger partial charge on any atom is -0.483 e. The molecule has 2 aromatic rings. The van der Waals surface area contributed by atoms with E-state index in [2.05, 4.69) is 0 Å². The van der Waals surface area contributed by atoms with Gasteiger partial charge in [0.25, 0.3) is 0 Å². The molecule has 0 aliphatic carbocycles. The van der Waals surface area contributed by atoms with Crippen LogP contribution in [-0.2, 0) is 4.79 Å². The van der Waals surface area contributed by atoms with Crippen molar-refractivity contribution < 1.29 is 9.53 Å². The largest absolute Gasteiger partial charge is 0.483 e. The van der Waals surface area contributed by atoms with Gasteiger partial charge < -0.3 is 4.74 Å². The van der Waals surface area contributed by atoms with Gasteiger partial charge in [-0.2, -0.15) is 0 Å². The monoisotopic (exact) mass is 214 g/mol. The van der Waals surface area contributed by atoms with E-state index in [0.717, 1.165) is 11.1 Å². The Kier molecular flexibility index (Phi) is 2.91. The molecule has 2 rings (SSSR count). The van der Waals surface area contributed by atoms with Crippen LogP contribution in [0.5, 0.6) is 5.75 Å². The maximum atomic E-state index is 11.1. The summed E-state index contributed by atoms with van der Waals surface area (Å²) in [4.78, 5) is 11.1. The van der Waals surface area contributed by atoms with Crippen LogP contribution in [0.15, 0.2) is 42.5 Å². The lowest BCUT2D eigenvalue weighted by Crippen LogP contribution is -2.20. The number of hydrogen-bond donors (Lipinski definition) is 0. The first-order valence-electron chi connectivity index (χ1n) is 5.33. The molecule has 0 saturated carbocycles. The summed E-state index contributed by atoms with van der Waals surface area (Å²) in [6.45, 7) is 3.29. The van der Waals surface area contributed by atoms with Crippen molar-refractivity contribution in [2.75, 3.05) is 0 Å². The van der Waals surface area contributed by atoms with Gasteiger partial charge in [0.2, 0.25) is 0 Å². The van der Waals surface area contributed by atoms with E-state index in [0.29, 0.717) is 0 Å². The molecule has 0 fully saturated rings. The third-order valence-electron chi connectivity index (χ3n) is 2.61. The number of Topliss-reactive ketones (excluding diaryl/α,β-unsaturated/α-hetero) is 1. The first-order valence-corrected chi connectivity index (χ1v) is 5.33. The molecule has 0 amide bonds. The Morgan fingerprint density at radius 2 is 1.81 bits per heavy atom. The molecule has 0 radical (unpaired) electrons.